The molecule has 88 valence electrons. The van der Waals surface area contributed by atoms with E-state index in [0.29, 0.717) is 6.04 Å². The van der Waals surface area contributed by atoms with Crippen LogP contribution in [-0.2, 0) is 6.54 Å². The molecule has 0 spiro atoms. The lowest BCUT2D eigenvalue weighted by Crippen LogP contribution is -2.22. The van der Waals surface area contributed by atoms with Crippen LogP contribution < -0.4 is 5.32 Å². The summed E-state index contributed by atoms with van der Waals surface area (Å²) in [7, 11) is 0. The molecule has 0 amide bonds. The molecule has 0 saturated carbocycles. The molecule has 1 N–H and O–H groups in total. The summed E-state index contributed by atoms with van der Waals surface area (Å²) < 4.78 is 2.37. The van der Waals surface area contributed by atoms with Crippen molar-refractivity contribution in [2.75, 3.05) is 6.54 Å². The van der Waals surface area contributed by atoms with E-state index in [2.05, 4.69) is 59.4 Å². The van der Waals surface area contributed by atoms with Crippen molar-refractivity contribution in [1.82, 2.24) is 9.88 Å². The van der Waals surface area contributed by atoms with E-state index in [0.717, 1.165) is 13.1 Å². The molecule has 2 heteroatoms. The summed E-state index contributed by atoms with van der Waals surface area (Å²) in [5.41, 5.74) is 4.06. The van der Waals surface area contributed by atoms with Crippen molar-refractivity contribution < 1.29 is 0 Å². The molecule has 2 nitrogen and oxygen atoms in total. The maximum absolute atomic E-state index is 3.64. The summed E-state index contributed by atoms with van der Waals surface area (Å²) in [6.07, 6.45) is 3.38. The smallest absolute Gasteiger partial charge is 0.0731 e. The Morgan fingerprint density at radius 1 is 1.18 bits per heavy atom. The fraction of sp³-hybridized carbons (Fsp3) is 0.333. The number of fused-ring (bicyclic) bond motifs is 1. The van der Waals surface area contributed by atoms with Crippen molar-refractivity contribution in [3.63, 3.8) is 0 Å². The molecular weight excluding hydrogens is 208 g/mol. The topological polar surface area (TPSA) is 17.0 Å². The van der Waals surface area contributed by atoms with Crippen LogP contribution in [0.2, 0.25) is 0 Å². The average molecular weight is 226 g/mol. The summed E-state index contributed by atoms with van der Waals surface area (Å²) in [5.74, 6) is 0. The lowest BCUT2D eigenvalue weighted by molar-refractivity contribution is 0.609. The van der Waals surface area contributed by atoms with Crippen LogP contribution in [0.4, 0.5) is 0 Å². The quantitative estimate of drug-likeness (QED) is 0.791. The van der Waals surface area contributed by atoms with Gasteiger partial charge in [0.2, 0.25) is 0 Å². The number of nitrogens with one attached hydrogen (secondary N) is 1. The minimum atomic E-state index is 0.341. The SMILES string of the molecule is Cc1ccc(C2NCCCn3cccc32)cc1. The Hall–Kier alpha value is -1.54. The van der Waals surface area contributed by atoms with E-state index in [-0.39, 0.29) is 0 Å². The zero-order chi connectivity index (χ0) is 11.7. The monoisotopic (exact) mass is 226 g/mol. The van der Waals surface area contributed by atoms with E-state index < -0.39 is 0 Å². The van der Waals surface area contributed by atoms with Crippen molar-refractivity contribution in [2.45, 2.75) is 25.9 Å². The maximum atomic E-state index is 3.64. The molecular formula is C15H18N2. The first-order chi connectivity index (χ1) is 8.34. The van der Waals surface area contributed by atoms with Gasteiger partial charge in [-0.2, -0.15) is 0 Å². The molecule has 0 bridgehead atoms. The second-order valence-electron chi connectivity index (χ2n) is 4.78. The number of hydrogen-bond acceptors (Lipinski definition) is 1. The number of aromatic nitrogens is 1. The molecule has 1 aromatic heterocycles. The molecule has 1 aromatic carbocycles. The molecule has 2 heterocycles. The van der Waals surface area contributed by atoms with Gasteiger partial charge in [-0.3, -0.25) is 0 Å². The van der Waals surface area contributed by atoms with Gasteiger partial charge in [-0.15, -0.1) is 0 Å². The van der Waals surface area contributed by atoms with Crippen LogP contribution in [0, 0.1) is 6.92 Å². The van der Waals surface area contributed by atoms with Crippen LogP contribution in [0.5, 0.6) is 0 Å². The predicted octanol–water partition coefficient (Wildman–Crippen LogP) is 2.88. The normalized spacial score (nSPS) is 19.7. The maximum Gasteiger partial charge on any atom is 0.0731 e. The zero-order valence-electron chi connectivity index (χ0n) is 10.2. The minimum Gasteiger partial charge on any atom is -0.350 e. The molecule has 1 atom stereocenters. The van der Waals surface area contributed by atoms with Gasteiger partial charge in [-0.25, -0.2) is 0 Å². The highest BCUT2D eigenvalue weighted by Gasteiger charge is 2.18. The molecule has 0 radical (unpaired) electrons. The lowest BCUT2D eigenvalue weighted by Gasteiger charge is -2.18. The highest BCUT2D eigenvalue weighted by molar-refractivity contribution is 5.31. The van der Waals surface area contributed by atoms with Gasteiger partial charge in [0.05, 0.1) is 6.04 Å². The molecule has 1 unspecified atom stereocenters. The van der Waals surface area contributed by atoms with Crippen molar-refractivity contribution in [3.8, 4) is 0 Å². The van der Waals surface area contributed by atoms with Gasteiger partial charge < -0.3 is 9.88 Å². The first-order valence-corrected chi connectivity index (χ1v) is 6.29. The third-order valence-corrected chi connectivity index (χ3v) is 3.50. The summed E-state index contributed by atoms with van der Waals surface area (Å²) >= 11 is 0. The number of rotatable bonds is 1. The standard InChI is InChI=1S/C15H18N2/c1-12-5-7-13(8-6-12)15-14-4-2-10-17(14)11-3-9-16-15/h2,4-8,10,15-16H,3,9,11H2,1H3. The van der Waals surface area contributed by atoms with Gasteiger partial charge in [0.25, 0.3) is 0 Å². The minimum absolute atomic E-state index is 0.341. The summed E-state index contributed by atoms with van der Waals surface area (Å²) in [6, 6.07) is 13.6. The largest absolute Gasteiger partial charge is 0.350 e. The van der Waals surface area contributed by atoms with Gasteiger partial charge in [-0.1, -0.05) is 29.8 Å². The number of nitrogens with zero attached hydrogens (tertiary/aromatic N) is 1. The van der Waals surface area contributed by atoms with Gasteiger partial charge >= 0.3 is 0 Å². The van der Waals surface area contributed by atoms with E-state index in [1.807, 2.05) is 0 Å². The second-order valence-corrected chi connectivity index (χ2v) is 4.78. The Morgan fingerprint density at radius 3 is 2.82 bits per heavy atom. The van der Waals surface area contributed by atoms with Crippen LogP contribution in [0.1, 0.15) is 29.3 Å². The average Bonchev–Trinajstić information content (AvgIpc) is 2.71. The molecule has 0 aliphatic carbocycles. The van der Waals surface area contributed by atoms with Crippen LogP contribution in [0.15, 0.2) is 42.6 Å². The Labute approximate surface area is 102 Å². The third kappa shape index (κ3) is 2.01. The Kier molecular flexibility index (Phi) is 2.73. The third-order valence-electron chi connectivity index (χ3n) is 3.50. The molecule has 0 saturated heterocycles. The Morgan fingerprint density at radius 2 is 2.00 bits per heavy atom. The summed E-state index contributed by atoms with van der Waals surface area (Å²) in [6.45, 7) is 4.34. The first-order valence-electron chi connectivity index (χ1n) is 6.29. The van der Waals surface area contributed by atoms with Gasteiger partial charge in [0.15, 0.2) is 0 Å². The highest BCUT2D eigenvalue weighted by Crippen LogP contribution is 2.25. The van der Waals surface area contributed by atoms with Gasteiger partial charge in [0, 0.05) is 18.4 Å². The van der Waals surface area contributed by atoms with Gasteiger partial charge in [0.1, 0.15) is 0 Å². The molecule has 2 aromatic rings. The predicted molar refractivity (Wildman–Crippen MR) is 70.1 cm³/mol. The summed E-state index contributed by atoms with van der Waals surface area (Å²) in [4.78, 5) is 0. The molecule has 0 fully saturated rings. The fourth-order valence-electron chi connectivity index (χ4n) is 2.54. The molecule has 17 heavy (non-hydrogen) atoms. The van der Waals surface area contributed by atoms with Crippen molar-refractivity contribution >= 4 is 0 Å². The van der Waals surface area contributed by atoms with Crippen LogP contribution in [0.3, 0.4) is 0 Å². The van der Waals surface area contributed by atoms with E-state index >= 15 is 0 Å². The molecule has 1 aliphatic heterocycles. The fourth-order valence-corrected chi connectivity index (χ4v) is 2.54. The Bertz CT molecular complexity index is 496. The van der Waals surface area contributed by atoms with E-state index in [9.17, 15) is 0 Å². The second kappa shape index (κ2) is 4.38. The zero-order valence-corrected chi connectivity index (χ0v) is 10.2. The van der Waals surface area contributed by atoms with Crippen molar-refractivity contribution in [2.24, 2.45) is 0 Å². The molecule has 3 rings (SSSR count). The van der Waals surface area contributed by atoms with Crippen LogP contribution in [0.25, 0.3) is 0 Å². The lowest BCUT2D eigenvalue weighted by atomic mass is 10.0. The van der Waals surface area contributed by atoms with E-state index in [1.165, 1.54) is 23.2 Å². The van der Waals surface area contributed by atoms with Gasteiger partial charge in [-0.05, 0) is 37.6 Å². The number of aryl methyl sites for hydroxylation is 2. The Balaban J connectivity index is 2.00. The van der Waals surface area contributed by atoms with Crippen molar-refractivity contribution in [3.05, 3.63) is 59.4 Å². The van der Waals surface area contributed by atoms with Crippen LogP contribution >= 0.6 is 0 Å². The molecule has 1 aliphatic rings. The van der Waals surface area contributed by atoms with E-state index in [4.69, 9.17) is 0 Å². The first kappa shape index (κ1) is 10.6. The van der Waals surface area contributed by atoms with Crippen LogP contribution in [-0.4, -0.2) is 11.1 Å². The van der Waals surface area contributed by atoms with E-state index in [1.54, 1.807) is 0 Å². The highest BCUT2D eigenvalue weighted by atomic mass is 15.1. The number of benzene rings is 1. The van der Waals surface area contributed by atoms with Crippen molar-refractivity contribution in [1.29, 1.82) is 0 Å². The summed E-state index contributed by atoms with van der Waals surface area (Å²) in [5, 5.41) is 3.64. The number of hydrogen-bond donors (Lipinski definition) is 1.